The molecule has 5 heteroatoms. The molecule has 5 nitrogen and oxygen atoms in total. The van der Waals surface area contributed by atoms with Gasteiger partial charge in [-0.3, -0.25) is 4.79 Å². The summed E-state index contributed by atoms with van der Waals surface area (Å²) in [7, 11) is 3.06. The molecule has 1 unspecified atom stereocenters. The third kappa shape index (κ3) is 3.63. The molecule has 1 rings (SSSR count). The van der Waals surface area contributed by atoms with Gasteiger partial charge < -0.3 is 19.5 Å². The molecule has 0 radical (unpaired) electrons. The number of carbonyl (C=O) groups is 1. The van der Waals surface area contributed by atoms with Crippen molar-refractivity contribution >= 4 is 11.6 Å². The summed E-state index contributed by atoms with van der Waals surface area (Å²) in [5, 5.41) is 2.74. The Morgan fingerprint density at radius 2 is 2.06 bits per heavy atom. The molecule has 1 aromatic carbocycles. The number of hydrogen-bond donors (Lipinski definition) is 1. The zero-order valence-electron chi connectivity index (χ0n) is 11.1. The Kier molecular flexibility index (Phi) is 5.45. The van der Waals surface area contributed by atoms with E-state index in [1.54, 1.807) is 32.2 Å². The molecule has 18 heavy (non-hydrogen) atoms. The summed E-state index contributed by atoms with van der Waals surface area (Å²) in [6, 6.07) is 5.22. The van der Waals surface area contributed by atoms with Gasteiger partial charge in [-0.2, -0.15) is 0 Å². The highest BCUT2D eigenvalue weighted by Gasteiger charge is 2.13. The first kappa shape index (κ1) is 14.3. The van der Waals surface area contributed by atoms with Crippen molar-refractivity contribution in [3.05, 3.63) is 18.2 Å². The molecular formula is C13H19NO4. The van der Waals surface area contributed by atoms with E-state index >= 15 is 0 Å². The molecule has 0 bridgehead atoms. The van der Waals surface area contributed by atoms with Gasteiger partial charge in [0.05, 0.1) is 13.7 Å². The summed E-state index contributed by atoms with van der Waals surface area (Å²) in [6.07, 6.45) is -0.498. The molecule has 1 aromatic rings. The summed E-state index contributed by atoms with van der Waals surface area (Å²) in [5.41, 5.74) is 0.646. The SMILES string of the molecule is CCOc1cc(NC(=O)C(C)OC)ccc1OC. The summed E-state index contributed by atoms with van der Waals surface area (Å²) in [5.74, 6) is 1.03. The van der Waals surface area contributed by atoms with Gasteiger partial charge in [-0.1, -0.05) is 0 Å². The number of benzene rings is 1. The molecule has 0 spiro atoms. The number of nitrogens with one attached hydrogen (secondary N) is 1. The van der Waals surface area contributed by atoms with E-state index in [4.69, 9.17) is 14.2 Å². The zero-order valence-corrected chi connectivity index (χ0v) is 11.1. The average Bonchev–Trinajstić information content (AvgIpc) is 2.38. The first-order valence-electron chi connectivity index (χ1n) is 5.76. The summed E-state index contributed by atoms with van der Waals surface area (Å²) < 4.78 is 15.5. The van der Waals surface area contributed by atoms with Gasteiger partial charge in [-0.25, -0.2) is 0 Å². The number of rotatable bonds is 6. The largest absolute Gasteiger partial charge is 0.493 e. The molecule has 0 saturated heterocycles. The minimum absolute atomic E-state index is 0.204. The number of hydrogen-bond acceptors (Lipinski definition) is 4. The van der Waals surface area contributed by atoms with Crippen LogP contribution in [-0.4, -0.2) is 32.8 Å². The fraction of sp³-hybridized carbons (Fsp3) is 0.462. The Morgan fingerprint density at radius 1 is 1.33 bits per heavy atom. The molecule has 1 N–H and O–H groups in total. The van der Waals surface area contributed by atoms with E-state index in [1.165, 1.54) is 7.11 Å². The van der Waals surface area contributed by atoms with Gasteiger partial charge in [0.25, 0.3) is 5.91 Å². The zero-order chi connectivity index (χ0) is 13.5. The van der Waals surface area contributed by atoms with E-state index in [-0.39, 0.29) is 5.91 Å². The second-order valence-electron chi connectivity index (χ2n) is 3.67. The average molecular weight is 253 g/mol. The van der Waals surface area contributed by atoms with Gasteiger partial charge in [0.2, 0.25) is 0 Å². The van der Waals surface area contributed by atoms with Crippen LogP contribution in [0.25, 0.3) is 0 Å². The van der Waals surface area contributed by atoms with Gasteiger partial charge >= 0.3 is 0 Å². The molecule has 0 saturated carbocycles. The van der Waals surface area contributed by atoms with E-state index in [1.807, 2.05) is 6.92 Å². The maximum absolute atomic E-state index is 11.7. The maximum atomic E-state index is 11.7. The predicted octanol–water partition coefficient (Wildman–Crippen LogP) is 2.07. The predicted molar refractivity (Wildman–Crippen MR) is 69.3 cm³/mol. The molecule has 100 valence electrons. The standard InChI is InChI=1S/C13H19NO4/c1-5-18-12-8-10(6-7-11(12)17-4)14-13(15)9(2)16-3/h6-9H,5H2,1-4H3,(H,14,15). The van der Waals surface area contributed by atoms with Gasteiger partial charge in [-0.05, 0) is 26.0 Å². The van der Waals surface area contributed by atoms with Crippen molar-refractivity contribution in [3.63, 3.8) is 0 Å². The van der Waals surface area contributed by atoms with Crippen molar-refractivity contribution in [3.8, 4) is 11.5 Å². The number of anilines is 1. The number of ether oxygens (including phenoxy) is 3. The Balaban J connectivity index is 2.84. The van der Waals surface area contributed by atoms with E-state index in [0.717, 1.165) is 0 Å². The van der Waals surface area contributed by atoms with E-state index in [0.29, 0.717) is 23.8 Å². The van der Waals surface area contributed by atoms with Crippen LogP contribution in [0.15, 0.2) is 18.2 Å². The summed E-state index contributed by atoms with van der Waals surface area (Å²) >= 11 is 0. The lowest BCUT2D eigenvalue weighted by Gasteiger charge is -2.13. The number of methoxy groups -OCH3 is 2. The first-order valence-corrected chi connectivity index (χ1v) is 5.76. The maximum Gasteiger partial charge on any atom is 0.253 e. The highest BCUT2D eigenvalue weighted by atomic mass is 16.5. The highest BCUT2D eigenvalue weighted by Crippen LogP contribution is 2.30. The molecule has 1 atom stereocenters. The molecule has 0 aromatic heterocycles. The molecule has 0 aliphatic heterocycles. The van der Waals surface area contributed by atoms with Crippen LogP contribution in [0, 0.1) is 0 Å². The third-order valence-corrected chi connectivity index (χ3v) is 2.45. The quantitative estimate of drug-likeness (QED) is 0.843. The number of carbonyl (C=O) groups excluding carboxylic acids is 1. The van der Waals surface area contributed by atoms with Crippen LogP contribution < -0.4 is 14.8 Å². The minimum Gasteiger partial charge on any atom is -0.493 e. The minimum atomic E-state index is -0.498. The van der Waals surface area contributed by atoms with Crippen molar-refractivity contribution in [1.29, 1.82) is 0 Å². The summed E-state index contributed by atoms with van der Waals surface area (Å²) in [6.45, 7) is 4.10. The third-order valence-electron chi connectivity index (χ3n) is 2.45. The molecule has 0 fully saturated rings. The fourth-order valence-electron chi connectivity index (χ4n) is 1.37. The smallest absolute Gasteiger partial charge is 0.253 e. The van der Waals surface area contributed by atoms with Crippen LogP contribution in [-0.2, 0) is 9.53 Å². The van der Waals surface area contributed by atoms with Crippen molar-refractivity contribution < 1.29 is 19.0 Å². The van der Waals surface area contributed by atoms with Crippen LogP contribution in [0.3, 0.4) is 0 Å². The second-order valence-corrected chi connectivity index (χ2v) is 3.67. The second kappa shape index (κ2) is 6.86. The van der Waals surface area contributed by atoms with Crippen LogP contribution in [0.4, 0.5) is 5.69 Å². The van der Waals surface area contributed by atoms with Gasteiger partial charge in [0.15, 0.2) is 11.5 Å². The molecule has 1 amide bonds. The van der Waals surface area contributed by atoms with Gasteiger partial charge in [0.1, 0.15) is 6.10 Å². The molecular weight excluding hydrogens is 234 g/mol. The molecule has 0 aliphatic rings. The topological polar surface area (TPSA) is 56.8 Å². The van der Waals surface area contributed by atoms with Gasteiger partial charge in [-0.15, -0.1) is 0 Å². The van der Waals surface area contributed by atoms with Crippen LogP contribution in [0.2, 0.25) is 0 Å². The van der Waals surface area contributed by atoms with Crippen molar-refractivity contribution in [2.75, 3.05) is 26.1 Å². The number of amides is 1. The monoisotopic (exact) mass is 253 g/mol. The van der Waals surface area contributed by atoms with Crippen LogP contribution >= 0.6 is 0 Å². The normalized spacial score (nSPS) is 11.8. The molecule has 0 aliphatic carbocycles. The lowest BCUT2D eigenvalue weighted by Crippen LogP contribution is -2.26. The summed E-state index contributed by atoms with van der Waals surface area (Å²) in [4.78, 5) is 11.7. The van der Waals surface area contributed by atoms with E-state index < -0.39 is 6.10 Å². The lowest BCUT2D eigenvalue weighted by molar-refractivity contribution is -0.124. The van der Waals surface area contributed by atoms with E-state index in [9.17, 15) is 4.79 Å². The van der Waals surface area contributed by atoms with Crippen molar-refractivity contribution in [2.24, 2.45) is 0 Å². The molecule has 0 heterocycles. The fourth-order valence-corrected chi connectivity index (χ4v) is 1.37. The van der Waals surface area contributed by atoms with Gasteiger partial charge in [0, 0.05) is 18.9 Å². The highest BCUT2D eigenvalue weighted by molar-refractivity contribution is 5.94. The Hall–Kier alpha value is -1.75. The first-order chi connectivity index (χ1) is 8.62. The van der Waals surface area contributed by atoms with Crippen LogP contribution in [0.1, 0.15) is 13.8 Å². The Morgan fingerprint density at radius 3 is 2.61 bits per heavy atom. The Labute approximate surface area is 107 Å². The van der Waals surface area contributed by atoms with Crippen molar-refractivity contribution in [1.82, 2.24) is 0 Å². The van der Waals surface area contributed by atoms with Crippen molar-refractivity contribution in [2.45, 2.75) is 20.0 Å². The Bertz CT molecular complexity index is 406. The van der Waals surface area contributed by atoms with Crippen LogP contribution in [0.5, 0.6) is 11.5 Å². The van der Waals surface area contributed by atoms with E-state index in [2.05, 4.69) is 5.32 Å². The lowest BCUT2D eigenvalue weighted by atomic mass is 10.2.